The second-order valence-corrected chi connectivity index (χ2v) is 10.4. The summed E-state index contributed by atoms with van der Waals surface area (Å²) >= 11 is 12.6. The third-order valence-electron chi connectivity index (χ3n) is 5.71. The van der Waals surface area contributed by atoms with E-state index in [1.54, 1.807) is 6.07 Å². The molecule has 1 aliphatic heterocycles. The molecular weight excluding hydrogens is 459 g/mol. The molecule has 1 atom stereocenters. The van der Waals surface area contributed by atoms with Crippen molar-refractivity contribution in [3.8, 4) is 0 Å². The number of hydrogen-bond acceptors (Lipinski definition) is 4. The predicted molar refractivity (Wildman–Crippen MR) is 134 cm³/mol. The Morgan fingerprint density at radius 2 is 2.00 bits per heavy atom. The lowest BCUT2D eigenvalue weighted by Gasteiger charge is -2.34. The Morgan fingerprint density at radius 1 is 1.21 bits per heavy atom. The van der Waals surface area contributed by atoms with E-state index in [-0.39, 0.29) is 6.09 Å². The maximum absolute atomic E-state index is 12.1. The molecule has 1 aliphatic rings. The number of benzene rings is 2. The zero-order chi connectivity index (χ0) is 23.6. The van der Waals surface area contributed by atoms with Crippen molar-refractivity contribution in [2.45, 2.75) is 45.8 Å². The number of rotatable bonds is 5. The van der Waals surface area contributed by atoms with E-state index in [0.717, 1.165) is 48.5 Å². The fourth-order valence-electron chi connectivity index (χ4n) is 4.24. The van der Waals surface area contributed by atoms with Gasteiger partial charge in [-0.15, -0.1) is 0 Å². The van der Waals surface area contributed by atoms with Gasteiger partial charge in [-0.1, -0.05) is 41.4 Å². The van der Waals surface area contributed by atoms with Crippen LogP contribution in [0.1, 0.15) is 39.2 Å². The van der Waals surface area contributed by atoms with Gasteiger partial charge in [0.15, 0.2) is 0 Å². The Bertz CT molecular complexity index is 1140. The molecule has 8 heteroatoms. The van der Waals surface area contributed by atoms with Crippen molar-refractivity contribution < 1.29 is 9.53 Å². The Labute approximate surface area is 204 Å². The molecule has 0 saturated carbocycles. The molecule has 3 aromatic rings. The van der Waals surface area contributed by atoms with Crippen molar-refractivity contribution in [3.63, 3.8) is 0 Å². The maximum Gasteiger partial charge on any atom is 0.407 e. The lowest BCUT2D eigenvalue weighted by Crippen LogP contribution is -2.43. The molecule has 2 aromatic carbocycles. The first-order valence-electron chi connectivity index (χ1n) is 11.3. The Kier molecular flexibility index (Phi) is 7.05. The summed E-state index contributed by atoms with van der Waals surface area (Å²) in [6.45, 7) is 8.51. The van der Waals surface area contributed by atoms with E-state index in [1.807, 2.05) is 51.1 Å². The lowest BCUT2D eigenvalue weighted by molar-refractivity contribution is 0.0517. The average molecular weight is 489 g/mol. The molecule has 0 bridgehead atoms. The number of nitrogens with zero attached hydrogens (tertiary/aromatic N) is 3. The minimum Gasteiger partial charge on any atom is -0.444 e. The number of para-hydroxylation sites is 2. The zero-order valence-electron chi connectivity index (χ0n) is 19.3. The molecule has 1 aromatic heterocycles. The number of anilines is 1. The van der Waals surface area contributed by atoms with Crippen LogP contribution < -0.4 is 10.2 Å². The van der Waals surface area contributed by atoms with E-state index in [2.05, 4.69) is 20.9 Å². The lowest BCUT2D eigenvalue weighted by atomic mass is 9.98. The normalized spacial score (nSPS) is 16.8. The highest BCUT2D eigenvalue weighted by Gasteiger charge is 2.26. The summed E-state index contributed by atoms with van der Waals surface area (Å²) in [7, 11) is 0. The van der Waals surface area contributed by atoms with E-state index in [0.29, 0.717) is 29.1 Å². The highest BCUT2D eigenvalue weighted by atomic mass is 35.5. The molecule has 1 amide bonds. The number of alkyl carbamates (subject to hydrolysis) is 1. The quantitative estimate of drug-likeness (QED) is 0.468. The van der Waals surface area contributed by atoms with Crippen molar-refractivity contribution in [2.24, 2.45) is 5.92 Å². The molecule has 4 rings (SSSR count). The Balaban J connectivity index is 1.55. The van der Waals surface area contributed by atoms with Gasteiger partial charge in [0, 0.05) is 29.7 Å². The third kappa shape index (κ3) is 5.92. The molecule has 0 radical (unpaired) electrons. The van der Waals surface area contributed by atoms with Crippen LogP contribution in [0.2, 0.25) is 10.0 Å². The van der Waals surface area contributed by atoms with Gasteiger partial charge in [-0.3, -0.25) is 0 Å². The number of ether oxygens (including phenoxy) is 1. The monoisotopic (exact) mass is 488 g/mol. The number of amides is 1. The molecule has 6 nitrogen and oxygen atoms in total. The molecule has 2 heterocycles. The highest BCUT2D eigenvalue weighted by Crippen LogP contribution is 2.30. The van der Waals surface area contributed by atoms with Gasteiger partial charge in [0.05, 0.1) is 17.6 Å². The summed E-state index contributed by atoms with van der Waals surface area (Å²) in [5.74, 6) is 1.24. The first-order chi connectivity index (χ1) is 15.7. The van der Waals surface area contributed by atoms with Gasteiger partial charge in [0.2, 0.25) is 5.95 Å². The van der Waals surface area contributed by atoms with Gasteiger partial charge in [0.1, 0.15) is 5.60 Å². The maximum atomic E-state index is 12.1. The minimum absolute atomic E-state index is 0.318. The number of carbonyl (C=O) groups is 1. The largest absolute Gasteiger partial charge is 0.444 e. The van der Waals surface area contributed by atoms with Crippen molar-refractivity contribution in [3.05, 3.63) is 58.1 Å². The second kappa shape index (κ2) is 9.82. The van der Waals surface area contributed by atoms with Crippen LogP contribution >= 0.6 is 23.2 Å². The van der Waals surface area contributed by atoms with Crippen molar-refractivity contribution in [2.75, 3.05) is 24.5 Å². The van der Waals surface area contributed by atoms with Gasteiger partial charge in [-0.2, -0.15) is 0 Å². The van der Waals surface area contributed by atoms with E-state index < -0.39 is 5.60 Å². The SMILES string of the molecule is CC(C)(C)OC(=O)NC[C@@H]1CCCN(c2nc3ccccc3n2Cc2ccc(Cl)cc2Cl)C1. The van der Waals surface area contributed by atoms with E-state index in [4.69, 9.17) is 32.9 Å². The summed E-state index contributed by atoms with van der Waals surface area (Å²) in [4.78, 5) is 19.4. The van der Waals surface area contributed by atoms with Crippen LogP contribution in [-0.2, 0) is 11.3 Å². The minimum atomic E-state index is -0.503. The zero-order valence-corrected chi connectivity index (χ0v) is 20.8. The molecule has 1 saturated heterocycles. The van der Waals surface area contributed by atoms with Crippen LogP contribution in [0.15, 0.2) is 42.5 Å². The summed E-state index contributed by atoms with van der Waals surface area (Å²) in [5.41, 5.74) is 2.50. The predicted octanol–water partition coefficient (Wildman–Crippen LogP) is 6.13. The van der Waals surface area contributed by atoms with Gasteiger partial charge in [-0.25, -0.2) is 9.78 Å². The summed E-state index contributed by atoms with van der Waals surface area (Å²) < 4.78 is 7.60. The molecule has 1 fully saturated rings. The summed E-state index contributed by atoms with van der Waals surface area (Å²) in [6.07, 6.45) is 1.71. The van der Waals surface area contributed by atoms with Crippen LogP contribution in [0.5, 0.6) is 0 Å². The topological polar surface area (TPSA) is 59.4 Å². The van der Waals surface area contributed by atoms with Crippen molar-refractivity contribution >= 4 is 46.3 Å². The molecule has 33 heavy (non-hydrogen) atoms. The number of imidazole rings is 1. The molecule has 0 unspecified atom stereocenters. The number of aromatic nitrogens is 2. The molecule has 1 N–H and O–H groups in total. The number of piperidine rings is 1. The molecular formula is C25H30Cl2N4O2. The Hall–Kier alpha value is -2.44. The molecule has 0 aliphatic carbocycles. The number of carbonyl (C=O) groups excluding carboxylic acids is 1. The number of hydrogen-bond donors (Lipinski definition) is 1. The van der Waals surface area contributed by atoms with Gasteiger partial charge >= 0.3 is 6.09 Å². The fourth-order valence-corrected chi connectivity index (χ4v) is 4.70. The van der Waals surface area contributed by atoms with Gasteiger partial charge in [-0.05, 0) is 69.4 Å². The molecule has 176 valence electrons. The number of fused-ring (bicyclic) bond motifs is 1. The van der Waals surface area contributed by atoms with Crippen LogP contribution in [-0.4, -0.2) is 40.9 Å². The van der Waals surface area contributed by atoms with E-state index >= 15 is 0 Å². The van der Waals surface area contributed by atoms with Crippen LogP contribution in [0.25, 0.3) is 11.0 Å². The van der Waals surface area contributed by atoms with Gasteiger partial charge in [0.25, 0.3) is 0 Å². The van der Waals surface area contributed by atoms with Crippen molar-refractivity contribution in [1.82, 2.24) is 14.9 Å². The summed E-state index contributed by atoms with van der Waals surface area (Å²) in [6, 6.07) is 13.7. The number of halogens is 2. The van der Waals surface area contributed by atoms with Crippen molar-refractivity contribution in [1.29, 1.82) is 0 Å². The average Bonchev–Trinajstić information content (AvgIpc) is 3.12. The molecule has 0 spiro atoms. The Morgan fingerprint density at radius 3 is 2.76 bits per heavy atom. The van der Waals surface area contributed by atoms with Crippen LogP contribution in [0.4, 0.5) is 10.7 Å². The standard InChI is InChI=1S/C25H30Cl2N4O2/c1-25(2,3)33-24(32)28-14-17-7-6-12-30(15-17)23-29-21-8-4-5-9-22(21)31(23)16-18-10-11-19(26)13-20(18)27/h4-5,8-11,13,17H,6-7,12,14-16H2,1-3H3,(H,28,32)/t17-/m0/s1. The van der Waals surface area contributed by atoms with Crippen LogP contribution in [0.3, 0.4) is 0 Å². The fraction of sp³-hybridized carbons (Fsp3) is 0.440. The second-order valence-electron chi connectivity index (χ2n) is 9.56. The third-order valence-corrected chi connectivity index (χ3v) is 6.30. The highest BCUT2D eigenvalue weighted by molar-refractivity contribution is 6.35. The van der Waals surface area contributed by atoms with Crippen LogP contribution in [0, 0.1) is 5.92 Å². The van der Waals surface area contributed by atoms with E-state index in [9.17, 15) is 4.79 Å². The van der Waals surface area contributed by atoms with Gasteiger partial charge < -0.3 is 19.5 Å². The first-order valence-corrected chi connectivity index (χ1v) is 12.1. The summed E-state index contributed by atoms with van der Waals surface area (Å²) in [5, 5.41) is 4.19. The number of nitrogens with one attached hydrogen (secondary N) is 1. The first kappa shape index (κ1) is 23.7. The smallest absolute Gasteiger partial charge is 0.407 e. The van der Waals surface area contributed by atoms with E-state index in [1.165, 1.54) is 0 Å².